The molecule has 0 radical (unpaired) electrons. The lowest BCUT2D eigenvalue weighted by molar-refractivity contribution is -0.141. The first kappa shape index (κ1) is 21.1. The van der Waals surface area contributed by atoms with E-state index < -0.39 is 11.8 Å². The van der Waals surface area contributed by atoms with Crippen LogP contribution in [0.2, 0.25) is 0 Å². The number of nitriles is 1. The molecule has 30 heavy (non-hydrogen) atoms. The van der Waals surface area contributed by atoms with E-state index in [1.54, 1.807) is 13.0 Å². The Morgan fingerprint density at radius 3 is 2.27 bits per heavy atom. The molecule has 0 aromatic heterocycles. The van der Waals surface area contributed by atoms with Crippen LogP contribution >= 0.6 is 0 Å². The van der Waals surface area contributed by atoms with Gasteiger partial charge >= 0.3 is 0 Å². The van der Waals surface area contributed by atoms with Crippen LogP contribution in [0, 0.1) is 18.3 Å². The largest absolute Gasteiger partial charge is 0.494 e. The molecule has 0 N–H and O–H groups in total. The van der Waals surface area contributed by atoms with E-state index in [-0.39, 0.29) is 12.1 Å². The third-order valence-corrected chi connectivity index (χ3v) is 4.95. The third kappa shape index (κ3) is 4.49. The Bertz CT molecular complexity index is 1060. The number of nitrogens with zero attached hydrogens (tertiary/aromatic N) is 2. The summed E-state index contributed by atoms with van der Waals surface area (Å²) in [6.45, 7) is 6.42. The van der Waals surface area contributed by atoms with Gasteiger partial charge in [0, 0.05) is 5.57 Å². The molecule has 0 atom stereocenters. The van der Waals surface area contributed by atoms with Crippen molar-refractivity contribution in [2.24, 2.45) is 0 Å². The highest BCUT2D eigenvalue weighted by Gasteiger charge is 2.35. The van der Waals surface area contributed by atoms with Gasteiger partial charge in [0.1, 0.15) is 17.4 Å². The highest BCUT2D eigenvalue weighted by molar-refractivity contribution is 6.19. The summed E-state index contributed by atoms with van der Waals surface area (Å²) in [5, 5.41) is 9.53. The Labute approximate surface area is 176 Å². The number of carbonyl (C=O) groups is 2. The lowest BCUT2D eigenvalue weighted by Crippen LogP contribution is -2.42. The summed E-state index contributed by atoms with van der Waals surface area (Å²) in [7, 11) is 0. The van der Waals surface area contributed by atoms with E-state index in [0.717, 1.165) is 33.8 Å². The third-order valence-electron chi connectivity index (χ3n) is 4.95. The van der Waals surface area contributed by atoms with Gasteiger partial charge in [-0.1, -0.05) is 48.9 Å². The molecule has 2 aromatic carbocycles. The van der Waals surface area contributed by atoms with Gasteiger partial charge in [0.05, 0.1) is 13.2 Å². The van der Waals surface area contributed by atoms with E-state index in [4.69, 9.17) is 4.74 Å². The van der Waals surface area contributed by atoms with Crippen molar-refractivity contribution in [3.05, 3.63) is 81.9 Å². The summed E-state index contributed by atoms with van der Waals surface area (Å²) in [5.41, 5.74) is 3.46. The molecule has 2 aromatic rings. The van der Waals surface area contributed by atoms with Crippen LogP contribution in [0.3, 0.4) is 0 Å². The summed E-state index contributed by atoms with van der Waals surface area (Å²) in [6.07, 6.45) is 2.64. The Kier molecular flexibility index (Phi) is 6.48. The summed E-state index contributed by atoms with van der Waals surface area (Å²) in [5.74, 6) is -0.195. The maximum Gasteiger partial charge on any atom is 0.271 e. The quantitative estimate of drug-likeness (QED) is 0.526. The van der Waals surface area contributed by atoms with Crippen molar-refractivity contribution in [2.75, 3.05) is 6.61 Å². The van der Waals surface area contributed by atoms with Crippen LogP contribution in [0.5, 0.6) is 5.75 Å². The predicted molar refractivity (Wildman–Crippen MR) is 115 cm³/mol. The van der Waals surface area contributed by atoms with Crippen molar-refractivity contribution in [1.82, 2.24) is 4.90 Å². The molecule has 2 amide bonds. The van der Waals surface area contributed by atoms with Crippen LogP contribution in [0.4, 0.5) is 0 Å². The summed E-state index contributed by atoms with van der Waals surface area (Å²) in [6, 6.07) is 17.0. The van der Waals surface area contributed by atoms with E-state index in [1.165, 1.54) is 0 Å². The minimum absolute atomic E-state index is 0.00383. The zero-order valence-electron chi connectivity index (χ0n) is 17.4. The van der Waals surface area contributed by atoms with Crippen molar-refractivity contribution in [1.29, 1.82) is 5.26 Å². The van der Waals surface area contributed by atoms with E-state index in [2.05, 4.69) is 0 Å². The number of hydrogen-bond donors (Lipinski definition) is 0. The zero-order chi connectivity index (χ0) is 21.7. The molecule has 1 aliphatic heterocycles. The van der Waals surface area contributed by atoms with Crippen molar-refractivity contribution in [3.8, 4) is 11.8 Å². The number of hydrogen-bond acceptors (Lipinski definition) is 4. The first-order valence-corrected chi connectivity index (χ1v) is 9.92. The second kappa shape index (κ2) is 9.23. The molecule has 1 heterocycles. The maximum absolute atomic E-state index is 13.2. The number of ether oxygens (including phenoxy) is 1. The number of aryl methyl sites for hydroxylation is 1. The fraction of sp³-hybridized carbons (Fsp3) is 0.240. The second-order valence-electron chi connectivity index (χ2n) is 7.27. The average molecular weight is 400 g/mol. The molecule has 152 valence electrons. The summed E-state index contributed by atoms with van der Waals surface area (Å²) >= 11 is 0. The molecule has 0 aliphatic carbocycles. The van der Waals surface area contributed by atoms with Gasteiger partial charge in [0.15, 0.2) is 0 Å². The van der Waals surface area contributed by atoms with E-state index in [0.29, 0.717) is 17.8 Å². The normalized spacial score (nSPS) is 15.5. The number of rotatable bonds is 6. The Hall–Kier alpha value is -3.65. The van der Waals surface area contributed by atoms with Gasteiger partial charge < -0.3 is 4.74 Å². The number of amides is 2. The maximum atomic E-state index is 13.2. The molecule has 5 nitrogen and oxygen atoms in total. The fourth-order valence-corrected chi connectivity index (χ4v) is 3.20. The van der Waals surface area contributed by atoms with E-state index >= 15 is 0 Å². The van der Waals surface area contributed by atoms with Crippen LogP contribution < -0.4 is 4.74 Å². The van der Waals surface area contributed by atoms with Gasteiger partial charge in [-0.3, -0.25) is 14.5 Å². The monoisotopic (exact) mass is 400 g/mol. The molecule has 0 spiro atoms. The smallest absolute Gasteiger partial charge is 0.271 e. The average Bonchev–Trinajstić information content (AvgIpc) is 2.75. The lowest BCUT2D eigenvalue weighted by Gasteiger charge is -2.27. The van der Waals surface area contributed by atoms with Crippen LogP contribution in [0.15, 0.2) is 65.3 Å². The Morgan fingerprint density at radius 1 is 1.00 bits per heavy atom. The van der Waals surface area contributed by atoms with Gasteiger partial charge in [-0.05, 0) is 55.2 Å². The lowest BCUT2D eigenvalue weighted by atomic mass is 9.93. The fourth-order valence-electron chi connectivity index (χ4n) is 3.20. The standard InChI is InChI=1S/C25H24N2O3/c1-4-13-30-21-11-9-19(10-12-21)14-22-18(3)23(15-26)25(29)27(24(22)28)16-20-7-5-17(2)6-8-20/h5-12,14H,4,13,16H2,1-3H3/b22-14+. The van der Waals surface area contributed by atoms with E-state index in [9.17, 15) is 14.9 Å². The molecular weight excluding hydrogens is 376 g/mol. The minimum Gasteiger partial charge on any atom is -0.494 e. The van der Waals surface area contributed by atoms with E-state index in [1.807, 2.05) is 68.4 Å². The molecule has 0 saturated heterocycles. The molecule has 0 unspecified atom stereocenters. The van der Waals surface area contributed by atoms with Gasteiger partial charge in [-0.2, -0.15) is 5.26 Å². The number of imide groups is 1. The highest BCUT2D eigenvalue weighted by Crippen LogP contribution is 2.28. The second-order valence-corrected chi connectivity index (χ2v) is 7.27. The summed E-state index contributed by atoms with van der Waals surface area (Å²) in [4.78, 5) is 27.1. The Balaban J connectivity index is 1.94. The first-order chi connectivity index (χ1) is 14.4. The van der Waals surface area contributed by atoms with Gasteiger partial charge in [0.25, 0.3) is 11.8 Å². The SMILES string of the molecule is CCCOc1ccc(/C=C2/C(=O)N(Cc3ccc(C)cc3)C(=O)C(C#N)=C2C)cc1. The van der Waals surface area contributed by atoms with Crippen LogP contribution in [0.25, 0.3) is 6.08 Å². The predicted octanol–water partition coefficient (Wildman–Crippen LogP) is 4.58. The van der Waals surface area contributed by atoms with Gasteiger partial charge in [-0.25, -0.2) is 0 Å². The molecule has 0 fully saturated rings. The van der Waals surface area contributed by atoms with Crippen LogP contribution in [-0.2, 0) is 16.1 Å². The molecule has 5 heteroatoms. The molecule has 0 bridgehead atoms. The number of carbonyl (C=O) groups excluding carboxylic acids is 2. The van der Waals surface area contributed by atoms with Crippen molar-refractivity contribution in [3.63, 3.8) is 0 Å². The van der Waals surface area contributed by atoms with Crippen LogP contribution in [-0.4, -0.2) is 23.3 Å². The van der Waals surface area contributed by atoms with Crippen molar-refractivity contribution >= 4 is 17.9 Å². The molecule has 3 rings (SSSR count). The van der Waals surface area contributed by atoms with Crippen molar-refractivity contribution in [2.45, 2.75) is 33.7 Å². The summed E-state index contributed by atoms with van der Waals surface area (Å²) < 4.78 is 5.59. The Morgan fingerprint density at radius 2 is 1.67 bits per heavy atom. The highest BCUT2D eigenvalue weighted by atomic mass is 16.5. The number of benzene rings is 2. The van der Waals surface area contributed by atoms with Crippen LogP contribution in [0.1, 0.15) is 37.0 Å². The topological polar surface area (TPSA) is 70.4 Å². The first-order valence-electron chi connectivity index (χ1n) is 9.92. The van der Waals surface area contributed by atoms with Gasteiger partial charge in [-0.15, -0.1) is 0 Å². The molecule has 0 saturated carbocycles. The molecular formula is C25H24N2O3. The zero-order valence-corrected chi connectivity index (χ0v) is 17.4. The van der Waals surface area contributed by atoms with Gasteiger partial charge in [0.2, 0.25) is 0 Å². The molecule has 1 aliphatic rings. The minimum atomic E-state index is -0.555. The van der Waals surface area contributed by atoms with Crippen molar-refractivity contribution < 1.29 is 14.3 Å².